The van der Waals surface area contributed by atoms with E-state index in [0.29, 0.717) is 18.1 Å². The number of amides is 2. The van der Waals surface area contributed by atoms with Gasteiger partial charge in [-0.1, -0.05) is 26.1 Å². The van der Waals surface area contributed by atoms with Crippen LogP contribution in [0.25, 0.3) is 0 Å². The quantitative estimate of drug-likeness (QED) is 0.307. The topological polar surface area (TPSA) is 134 Å². The van der Waals surface area contributed by atoms with Crippen LogP contribution in [-0.2, 0) is 4.79 Å². The Morgan fingerprint density at radius 3 is 2.33 bits per heavy atom. The monoisotopic (exact) mass is 395 g/mol. The van der Waals surface area contributed by atoms with Gasteiger partial charge in [-0.2, -0.15) is 0 Å². The maximum Gasteiger partial charge on any atom is 0.250 e. The Bertz CT molecular complexity index is 752. The van der Waals surface area contributed by atoms with E-state index < -0.39 is 23.7 Å². The molecule has 0 aliphatic heterocycles. The van der Waals surface area contributed by atoms with Crippen molar-refractivity contribution >= 4 is 46.1 Å². The molecule has 1 atom stereocenters. The first-order valence-corrected chi connectivity index (χ1v) is 8.95. The molecule has 1 unspecified atom stereocenters. The van der Waals surface area contributed by atoms with E-state index in [1.54, 1.807) is 6.92 Å². The van der Waals surface area contributed by atoms with Crippen molar-refractivity contribution in [2.45, 2.75) is 46.1 Å². The second kappa shape index (κ2) is 9.96. The van der Waals surface area contributed by atoms with E-state index in [1.165, 1.54) is 6.07 Å². The summed E-state index contributed by atoms with van der Waals surface area (Å²) in [7, 11) is 0. The third-order valence-corrected chi connectivity index (χ3v) is 4.02. The van der Waals surface area contributed by atoms with Gasteiger partial charge in [0.1, 0.15) is 11.9 Å². The van der Waals surface area contributed by atoms with Gasteiger partial charge in [0.2, 0.25) is 5.91 Å². The van der Waals surface area contributed by atoms with E-state index >= 15 is 0 Å². The van der Waals surface area contributed by atoms with Crippen LogP contribution >= 0.6 is 12.2 Å². The molecule has 0 bridgehead atoms. The number of hydrogen-bond acceptors (Lipinski definition) is 5. The van der Waals surface area contributed by atoms with Crippen molar-refractivity contribution < 1.29 is 14.0 Å². The number of benzene rings is 1. The second-order valence-electron chi connectivity index (χ2n) is 6.82. The van der Waals surface area contributed by atoms with E-state index in [-0.39, 0.29) is 28.3 Å². The molecule has 0 radical (unpaired) electrons. The van der Waals surface area contributed by atoms with E-state index in [9.17, 15) is 14.0 Å². The number of carbonyl (C=O) groups is 2. The average Bonchev–Trinajstić information content (AvgIpc) is 2.52. The fourth-order valence-corrected chi connectivity index (χ4v) is 2.73. The van der Waals surface area contributed by atoms with Crippen LogP contribution in [0, 0.1) is 17.1 Å². The summed E-state index contributed by atoms with van der Waals surface area (Å²) >= 11 is 5.14. The van der Waals surface area contributed by atoms with Crippen LogP contribution in [0.3, 0.4) is 0 Å². The summed E-state index contributed by atoms with van der Waals surface area (Å²) in [4.78, 5) is 23.6. The van der Waals surface area contributed by atoms with Crippen LogP contribution in [0.1, 0.15) is 50.4 Å². The number of hydrogen-bond donors (Lipinski definition) is 5. The molecule has 0 aromatic heterocycles. The molecule has 0 fully saturated rings. The largest absolute Gasteiger partial charge is 0.371 e. The predicted octanol–water partition coefficient (Wildman–Crippen LogP) is 2.80. The van der Waals surface area contributed by atoms with Gasteiger partial charge in [0, 0.05) is 12.1 Å². The molecule has 0 spiro atoms. The van der Waals surface area contributed by atoms with Gasteiger partial charge in [0.05, 0.1) is 21.9 Å². The molecule has 1 aromatic carbocycles. The van der Waals surface area contributed by atoms with Gasteiger partial charge in [-0.25, -0.2) is 4.39 Å². The highest BCUT2D eigenvalue weighted by Gasteiger charge is 2.20. The van der Waals surface area contributed by atoms with Gasteiger partial charge in [-0.15, -0.1) is 0 Å². The molecule has 1 aromatic rings. The Morgan fingerprint density at radius 2 is 1.85 bits per heavy atom. The predicted molar refractivity (Wildman–Crippen MR) is 110 cm³/mol. The summed E-state index contributed by atoms with van der Waals surface area (Å²) in [5.41, 5.74) is 11.2. The van der Waals surface area contributed by atoms with Crippen molar-refractivity contribution in [1.29, 1.82) is 5.41 Å². The molecule has 2 amide bonds. The zero-order chi connectivity index (χ0) is 20.7. The van der Waals surface area contributed by atoms with Crippen LogP contribution in [0.4, 0.5) is 15.8 Å². The number of halogens is 1. The Hall–Kier alpha value is -2.55. The molecule has 1 rings (SSSR count). The molecular weight excluding hydrogens is 369 g/mol. The number of primary amides is 2. The molecule has 7 N–H and O–H groups in total. The number of nitrogens with two attached hydrogens (primary N) is 2. The van der Waals surface area contributed by atoms with Crippen LogP contribution < -0.4 is 22.1 Å². The highest BCUT2D eigenvalue weighted by atomic mass is 32.1. The summed E-state index contributed by atoms with van der Waals surface area (Å²) in [5.74, 6) is -1.81. The summed E-state index contributed by atoms with van der Waals surface area (Å²) in [6, 6.07) is 1.55. The van der Waals surface area contributed by atoms with Crippen molar-refractivity contribution in [3.63, 3.8) is 0 Å². The normalized spacial score (nSPS) is 11.7. The van der Waals surface area contributed by atoms with Gasteiger partial charge >= 0.3 is 0 Å². The van der Waals surface area contributed by atoms with Gasteiger partial charge in [-0.3, -0.25) is 9.59 Å². The first-order valence-electron chi connectivity index (χ1n) is 8.54. The van der Waals surface area contributed by atoms with Gasteiger partial charge in [0.15, 0.2) is 0 Å². The lowest BCUT2D eigenvalue weighted by Gasteiger charge is -2.20. The lowest BCUT2D eigenvalue weighted by Crippen LogP contribution is -2.36. The third kappa shape index (κ3) is 7.30. The van der Waals surface area contributed by atoms with E-state index in [1.807, 2.05) is 13.8 Å². The number of anilines is 2. The zero-order valence-electron chi connectivity index (χ0n) is 15.7. The van der Waals surface area contributed by atoms with Crippen molar-refractivity contribution in [1.82, 2.24) is 0 Å². The molecule has 7 nitrogen and oxygen atoms in total. The average molecular weight is 396 g/mol. The minimum Gasteiger partial charge on any atom is -0.371 e. The molecule has 27 heavy (non-hydrogen) atoms. The number of rotatable bonds is 10. The van der Waals surface area contributed by atoms with E-state index in [4.69, 9.17) is 29.1 Å². The van der Waals surface area contributed by atoms with Crippen molar-refractivity contribution in [2.75, 3.05) is 10.6 Å². The Morgan fingerprint density at radius 1 is 1.22 bits per heavy atom. The molecule has 0 saturated heterocycles. The first kappa shape index (κ1) is 22.5. The third-order valence-electron chi connectivity index (χ3n) is 3.78. The first-order chi connectivity index (χ1) is 12.5. The highest BCUT2D eigenvalue weighted by molar-refractivity contribution is 7.80. The van der Waals surface area contributed by atoms with Crippen molar-refractivity contribution in [3.05, 3.63) is 23.5 Å². The van der Waals surface area contributed by atoms with Gasteiger partial charge in [0.25, 0.3) is 5.91 Å². The summed E-state index contributed by atoms with van der Waals surface area (Å²) in [6.45, 7) is 5.61. The fraction of sp³-hybridized carbons (Fsp3) is 0.444. The highest BCUT2D eigenvalue weighted by Crippen LogP contribution is 2.26. The molecular formula is C18H26FN5O2S. The molecule has 0 heterocycles. The molecule has 0 aliphatic carbocycles. The van der Waals surface area contributed by atoms with Crippen LogP contribution in [0.15, 0.2) is 12.1 Å². The Balaban J connectivity index is 3.17. The summed E-state index contributed by atoms with van der Waals surface area (Å²) in [5, 5.41) is 13.1. The maximum atomic E-state index is 14.4. The van der Waals surface area contributed by atoms with E-state index in [2.05, 4.69) is 10.6 Å². The standard InChI is InChI=1S/C18H26FN5O2S/c1-9(2)4-5-13(18(22)26)23-15-8-14(24-16(27)6-10(3)20)11(17(21)25)7-12(15)19/h7-9,13,20,23H,4-6H2,1-3H3,(H2,21,25)(H2,22,26)(H,24,27). The Labute approximate surface area is 163 Å². The van der Waals surface area contributed by atoms with Crippen LogP contribution in [-0.4, -0.2) is 28.6 Å². The lowest BCUT2D eigenvalue weighted by atomic mass is 10.0. The molecule has 148 valence electrons. The smallest absolute Gasteiger partial charge is 0.250 e. The maximum absolute atomic E-state index is 14.4. The molecule has 0 aliphatic rings. The van der Waals surface area contributed by atoms with Crippen molar-refractivity contribution in [3.8, 4) is 0 Å². The van der Waals surface area contributed by atoms with Crippen LogP contribution in [0.5, 0.6) is 0 Å². The zero-order valence-corrected chi connectivity index (χ0v) is 16.5. The second-order valence-corrected chi connectivity index (χ2v) is 7.31. The van der Waals surface area contributed by atoms with Crippen LogP contribution in [0.2, 0.25) is 0 Å². The van der Waals surface area contributed by atoms with E-state index in [0.717, 1.165) is 12.5 Å². The SMILES string of the molecule is CC(=N)CC(=S)Nc1cc(NC(CCC(C)C)C(N)=O)c(F)cc1C(N)=O. The number of carbonyl (C=O) groups excluding carboxylic acids is 2. The molecule has 9 heteroatoms. The summed E-state index contributed by atoms with van der Waals surface area (Å²) < 4.78 is 14.4. The van der Waals surface area contributed by atoms with Crippen molar-refractivity contribution in [2.24, 2.45) is 17.4 Å². The minimum atomic E-state index is -0.830. The fourth-order valence-electron chi connectivity index (χ4n) is 2.40. The number of nitrogens with one attached hydrogen (secondary N) is 3. The number of thiocarbonyl (C=S) groups is 1. The van der Waals surface area contributed by atoms with Gasteiger partial charge in [-0.05, 0) is 37.8 Å². The molecule has 0 saturated carbocycles. The van der Waals surface area contributed by atoms with Gasteiger partial charge < -0.3 is 27.5 Å². The summed E-state index contributed by atoms with van der Waals surface area (Å²) in [6.07, 6.45) is 1.36. The Kier molecular flexibility index (Phi) is 8.30. The minimum absolute atomic E-state index is 0.00410. The lowest BCUT2D eigenvalue weighted by molar-refractivity contribution is -0.118.